The maximum atomic E-state index is 13.1. The Morgan fingerprint density at radius 1 is 1.43 bits per heavy atom. The molecular formula is C11H16FNO. The summed E-state index contributed by atoms with van der Waals surface area (Å²) in [6.07, 6.45) is 1.84. The fourth-order valence-electron chi connectivity index (χ4n) is 1.39. The topological polar surface area (TPSA) is 35.2 Å². The Kier molecular flexibility index (Phi) is 3.89. The molecular weight excluding hydrogens is 181 g/mol. The molecule has 0 aliphatic rings. The largest absolute Gasteiger partial charge is 0.497 e. The van der Waals surface area contributed by atoms with Crippen LogP contribution in [0.25, 0.3) is 0 Å². The lowest BCUT2D eigenvalue weighted by Crippen LogP contribution is -2.10. The predicted molar refractivity (Wildman–Crippen MR) is 54.8 cm³/mol. The molecule has 1 atom stereocenters. The van der Waals surface area contributed by atoms with E-state index in [1.165, 1.54) is 19.2 Å². The first-order valence-corrected chi connectivity index (χ1v) is 4.77. The summed E-state index contributed by atoms with van der Waals surface area (Å²) in [5.74, 6) is 0.220. The number of hydrogen-bond acceptors (Lipinski definition) is 2. The Balaban J connectivity index is 2.90. The van der Waals surface area contributed by atoms with E-state index in [0.717, 1.165) is 18.4 Å². The minimum absolute atomic E-state index is 0.107. The predicted octanol–water partition coefficient (Wildman–Crippen LogP) is 2.63. The fourth-order valence-corrected chi connectivity index (χ4v) is 1.39. The number of ether oxygens (including phenoxy) is 1. The summed E-state index contributed by atoms with van der Waals surface area (Å²) in [6.45, 7) is 2.05. The molecule has 0 unspecified atom stereocenters. The normalized spacial score (nSPS) is 12.6. The lowest BCUT2D eigenvalue weighted by molar-refractivity contribution is 0.409. The van der Waals surface area contributed by atoms with Crippen LogP contribution < -0.4 is 10.5 Å². The van der Waals surface area contributed by atoms with Gasteiger partial charge in [0.15, 0.2) is 0 Å². The molecule has 1 rings (SSSR count). The highest BCUT2D eigenvalue weighted by molar-refractivity contribution is 5.31. The quantitative estimate of drug-likeness (QED) is 0.805. The van der Waals surface area contributed by atoms with Crippen LogP contribution in [0.1, 0.15) is 31.4 Å². The summed E-state index contributed by atoms with van der Waals surface area (Å²) in [6, 6.07) is 4.48. The van der Waals surface area contributed by atoms with E-state index in [1.807, 2.05) is 0 Å². The van der Waals surface area contributed by atoms with Crippen molar-refractivity contribution < 1.29 is 9.13 Å². The third-order valence-corrected chi connectivity index (χ3v) is 2.16. The Morgan fingerprint density at radius 3 is 2.71 bits per heavy atom. The van der Waals surface area contributed by atoms with Gasteiger partial charge in [0, 0.05) is 12.1 Å². The molecule has 78 valence electrons. The molecule has 3 heteroatoms. The van der Waals surface area contributed by atoms with Gasteiger partial charge in [-0.3, -0.25) is 0 Å². The Hall–Kier alpha value is -1.09. The lowest BCUT2D eigenvalue weighted by atomic mass is 10.0. The van der Waals surface area contributed by atoms with Crippen LogP contribution >= 0.6 is 0 Å². The molecule has 2 nitrogen and oxygen atoms in total. The van der Waals surface area contributed by atoms with Crippen molar-refractivity contribution in [2.45, 2.75) is 25.8 Å². The van der Waals surface area contributed by atoms with E-state index in [2.05, 4.69) is 6.92 Å². The lowest BCUT2D eigenvalue weighted by Gasteiger charge is -2.12. The third kappa shape index (κ3) is 2.70. The summed E-state index contributed by atoms with van der Waals surface area (Å²) in [4.78, 5) is 0. The molecule has 0 fully saturated rings. The van der Waals surface area contributed by atoms with Crippen molar-refractivity contribution in [1.29, 1.82) is 0 Å². The van der Waals surface area contributed by atoms with Crippen LogP contribution in [0.15, 0.2) is 18.2 Å². The highest BCUT2D eigenvalue weighted by Gasteiger charge is 2.08. The Morgan fingerprint density at radius 2 is 2.14 bits per heavy atom. The number of benzene rings is 1. The zero-order valence-electron chi connectivity index (χ0n) is 8.59. The maximum absolute atomic E-state index is 13.1. The van der Waals surface area contributed by atoms with Gasteiger partial charge < -0.3 is 10.5 Å². The third-order valence-electron chi connectivity index (χ3n) is 2.16. The summed E-state index contributed by atoms with van der Waals surface area (Å²) >= 11 is 0. The van der Waals surface area contributed by atoms with Crippen LogP contribution in [-0.4, -0.2) is 7.11 Å². The first kappa shape index (κ1) is 11.0. The fraction of sp³-hybridized carbons (Fsp3) is 0.455. The van der Waals surface area contributed by atoms with E-state index >= 15 is 0 Å². The van der Waals surface area contributed by atoms with Crippen molar-refractivity contribution in [3.05, 3.63) is 29.6 Å². The maximum Gasteiger partial charge on any atom is 0.127 e. The molecule has 0 saturated heterocycles. The zero-order chi connectivity index (χ0) is 10.6. The number of methoxy groups -OCH3 is 1. The highest BCUT2D eigenvalue weighted by Crippen LogP contribution is 2.22. The van der Waals surface area contributed by atoms with Crippen molar-refractivity contribution in [2.75, 3.05) is 7.11 Å². The van der Waals surface area contributed by atoms with Gasteiger partial charge in [0.05, 0.1) is 7.11 Å². The highest BCUT2D eigenvalue weighted by atomic mass is 19.1. The van der Waals surface area contributed by atoms with Gasteiger partial charge in [-0.1, -0.05) is 13.3 Å². The molecule has 0 saturated carbocycles. The van der Waals surface area contributed by atoms with Crippen LogP contribution in [0.3, 0.4) is 0 Å². The summed E-state index contributed by atoms with van der Waals surface area (Å²) in [5, 5.41) is 0. The molecule has 0 heterocycles. The van der Waals surface area contributed by atoms with Gasteiger partial charge in [0.1, 0.15) is 11.6 Å². The minimum atomic E-state index is -0.300. The molecule has 0 aliphatic heterocycles. The molecule has 0 amide bonds. The minimum Gasteiger partial charge on any atom is -0.497 e. The van der Waals surface area contributed by atoms with Crippen LogP contribution in [0.4, 0.5) is 4.39 Å². The average Bonchev–Trinajstić information content (AvgIpc) is 2.17. The standard InChI is InChI=1S/C11H16FNO/c1-3-4-11(13)8-5-9(12)7-10(6-8)14-2/h5-7,11H,3-4,13H2,1-2H3/t11-/m1/s1. The van der Waals surface area contributed by atoms with E-state index in [4.69, 9.17) is 10.5 Å². The van der Waals surface area contributed by atoms with Crippen LogP contribution in [0, 0.1) is 5.82 Å². The number of halogens is 1. The molecule has 1 aromatic carbocycles. The van der Waals surface area contributed by atoms with Gasteiger partial charge >= 0.3 is 0 Å². The van der Waals surface area contributed by atoms with Crippen LogP contribution in [-0.2, 0) is 0 Å². The van der Waals surface area contributed by atoms with Gasteiger partial charge in [0.25, 0.3) is 0 Å². The molecule has 2 N–H and O–H groups in total. The van der Waals surface area contributed by atoms with Crippen molar-refractivity contribution in [3.8, 4) is 5.75 Å². The summed E-state index contributed by atoms with van der Waals surface area (Å²) in [7, 11) is 1.52. The number of hydrogen-bond donors (Lipinski definition) is 1. The van der Waals surface area contributed by atoms with Crippen LogP contribution in [0.5, 0.6) is 5.75 Å². The van der Waals surface area contributed by atoms with E-state index in [1.54, 1.807) is 6.07 Å². The van der Waals surface area contributed by atoms with Crippen molar-refractivity contribution in [2.24, 2.45) is 5.73 Å². The first-order chi connectivity index (χ1) is 6.67. The Bertz CT molecular complexity index is 301. The van der Waals surface area contributed by atoms with Gasteiger partial charge in [-0.2, -0.15) is 0 Å². The zero-order valence-corrected chi connectivity index (χ0v) is 8.59. The van der Waals surface area contributed by atoms with E-state index in [0.29, 0.717) is 5.75 Å². The molecule has 0 bridgehead atoms. The smallest absolute Gasteiger partial charge is 0.127 e. The van der Waals surface area contributed by atoms with E-state index in [-0.39, 0.29) is 11.9 Å². The Labute approximate surface area is 83.9 Å². The molecule has 1 aromatic rings. The van der Waals surface area contributed by atoms with E-state index in [9.17, 15) is 4.39 Å². The number of nitrogens with two attached hydrogens (primary N) is 1. The van der Waals surface area contributed by atoms with Crippen molar-refractivity contribution in [1.82, 2.24) is 0 Å². The summed E-state index contributed by atoms with van der Waals surface area (Å²) in [5.41, 5.74) is 6.67. The first-order valence-electron chi connectivity index (χ1n) is 4.77. The van der Waals surface area contributed by atoms with Crippen molar-refractivity contribution >= 4 is 0 Å². The molecule has 0 spiro atoms. The molecule has 0 aliphatic carbocycles. The van der Waals surface area contributed by atoms with Gasteiger partial charge in [0.2, 0.25) is 0 Å². The second kappa shape index (κ2) is 4.96. The average molecular weight is 197 g/mol. The monoisotopic (exact) mass is 197 g/mol. The number of rotatable bonds is 4. The van der Waals surface area contributed by atoms with Crippen LogP contribution in [0.2, 0.25) is 0 Å². The van der Waals surface area contributed by atoms with Gasteiger partial charge in [-0.05, 0) is 24.1 Å². The van der Waals surface area contributed by atoms with Crippen molar-refractivity contribution in [3.63, 3.8) is 0 Å². The molecule has 0 radical (unpaired) electrons. The van der Waals surface area contributed by atoms with Gasteiger partial charge in [-0.25, -0.2) is 4.39 Å². The SMILES string of the molecule is CCC[C@@H](N)c1cc(F)cc(OC)c1. The van der Waals surface area contributed by atoms with E-state index < -0.39 is 0 Å². The molecule has 14 heavy (non-hydrogen) atoms. The second-order valence-electron chi connectivity index (χ2n) is 3.32. The summed E-state index contributed by atoms with van der Waals surface area (Å²) < 4.78 is 18.0. The molecule has 0 aromatic heterocycles. The van der Waals surface area contributed by atoms with Gasteiger partial charge in [-0.15, -0.1) is 0 Å². The second-order valence-corrected chi connectivity index (χ2v) is 3.32.